The number of halogens is 2. The fourth-order valence-electron chi connectivity index (χ4n) is 1.73. The van der Waals surface area contributed by atoms with E-state index in [1.807, 2.05) is 12.1 Å². The summed E-state index contributed by atoms with van der Waals surface area (Å²) in [5, 5.41) is 13.8. The quantitative estimate of drug-likeness (QED) is 0.511. The number of anilines is 1. The number of rotatable bonds is 5. The number of hydrogen-bond donors (Lipinski definition) is 1. The lowest BCUT2D eigenvalue weighted by molar-refractivity contribution is -0.384. The molecule has 1 N–H and O–H groups in total. The lowest BCUT2D eigenvalue weighted by Gasteiger charge is -2.09. The minimum Gasteiger partial charge on any atom is -0.497 e. The highest BCUT2D eigenvalue weighted by molar-refractivity contribution is 6.34. The van der Waals surface area contributed by atoms with E-state index in [1.165, 1.54) is 6.07 Å². The molecule has 1 heterocycles. The second kappa shape index (κ2) is 6.60. The monoisotopic (exact) mass is 327 g/mol. The molecule has 0 fully saturated rings. The third-order valence-corrected chi connectivity index (χ3v) is 3.20. The molecule has 0 aliphatic carbocycles. The van der Waals surface area contributed by atoms with Crippen molar-refractivity contribution in [2.24, 2.45) is 0 Å². The maximum Gasteiger partial charge on any atom is 0.329 e. The van der Waals surface area contributed by atoms with Gasteiger partial charge in [0.05, 0.1) is 12.0 Å². The molecule has 110 valence electrons. The summed E-state index contributed by atoms with van der Waals surface area (Å²) in [6.45, 7) is 0.376. The van der Waals surface area contributed by atoms with Gasteiger partial charge in [0.1, 0.15) is 16.6 Å². The molecule has 0 radical (unpaired) electrons. The van der Waals surface area contributed by atoms with Crippen molar-refractivity contribution in [3.8, 4) is 5.75 Å². The molecule has 0 saturated carbocycles. The van der Waals surface area contributed by atoms with Crippen LogP contribution in [0.2, 0.25) is 10.3 Å². The molecule has 21 heavy (non-hydrogen) atoms. The number of nitro groups is 1. The first-order valence-corrected chi connectivity index (χ1v) is 6.64. The van der Waals surface area contributed by atoms with E-state index in [0.717, 1.165) is 11.3 Å². The zero-order valence-electron chi connectivity index (χ0n) is 11.0. The van der Waals surface area contributed by atoms with Crippen molar-refractivity contribution in [2.45, 2.75) is 6.54 Å². The summed E-state index contributed by atoms with van der Waals surface area (Å²) in [5.74, 6) is 0.736. The zero-order valence-corrected chi connectivity index (χ0v) is 12.5. The number of aromatic nitrogens is 1. The third-order valence-electron chi connectivity index (χ3n) is 2.74. The summed E-state index contributed by atoms with van der Waals surface area (Å²) < 4.78 is 5.06. The molecule has 0 atom stereocenters. The van der Waals surface area contributed by atoms with Crippen molar-refractivity contribution >= 4 is 34.6 Å². The number of benzene rings is 1. The highest BCUT2D eigenvalue weighted by Gasteiger charge is 2.21. The van der Waals surface area contributed by atoms with Crippen LogP contribution in [-0.2, 0) is 6.54 Å². The average molecular weight is 328 g/mol. The lowest BCUT2D eigenvalue weighted by atomic mass is 10.2. The molecule has 2 aromatic rings. The Balaban J connectivity index is 2.20. The largest absolute Gasteiger partial charge is 0.497 e. The number of nitrogens with one attached hydrogen (secondary N) is 1. The van der Waals surface area contributed by atoms with E-state index in [4.69, 9.17) is 27.9 Å². The summed E-state index contributed by atoms with van der Waals surface area (Å²) in [7, 11) is 1.58. The summed E-state index contributed by atoms with van der Waals surface area (Å²) in [4.78, 5) is 14.1. The number of ether oxygens (including phenoxy) is 1. The van der Waals surface area contributed by atoms with Gasteiger partial charge < -0.3 is 10.1 Å². The van der Waals surface area contributed by atoms with Crippen LogP contribution < -0.4 is 10.1 Å². The molecular formula is C13H11Cl2N3O3. The van der Waals surface area contributed by atoms with Crippen LogP contribution in [0.1, 0.15) is 5.56 Å². The molecule has 0 spiro atoms. The van der Waals surface area contributed by atoms with Gasteiger partial charge in [-0.2, -0.15) is 0 Å². The Morgan fingerprint density at radius 3 is 2.57 bits per heavy atom. The Kier molecular flexibility index (Phi) is 4.82. The smallest absolute Gasteiger partial charge is 0.329 e. The second-order valence-electron chi connectivity index (χ2n) is 4.09. The van der Waals surface area contributed by atoms with E-state index < -0.39 is 4.92 Å². The molecule has 1 aromatic heterocycles. The van der Waals surface area contributed by atoms with E-state index in [1.54, 1.807) is 19.2 Å². The van der Waals surface area contributed by atoms with Crippen LogP contribution in [-0.4, -0.2) is 17.0 Å². The fourth-order valence-corrected chi connectivity index (χ4v) is 2.23. The zero-order chi connectivity index (χ0) is 15.4. The van der Waals surface area contributed by atoms with Crippen LogP contribution in [0.15, 0.2) is 30.3 Å². The fraction of sp³-hybridized carbons (Fsp3) is 0.154. The first-order valence-electron chi connectivity index (χ1n) is 5.88. The molecule has 0 saturated heterocycles. The van der Waals surface area contributed by atoms with Gasteiger partial charge in [-0.25, -0.2) is 4.98 Å². The Labute approximate surface area is 130 Å². The minimum absolute atomic E-state index is 0.0860. The van der Waals surface area contributed by atoms with E-state index >= 15 is 0 Å². The van der Waals surface area contributed by atoms with Gasteiger partial charge in [0.2, 0.25) is 5.15 Å². The van der Waals surface area contributed by atoms with Gasteiger partial charge in [-0.15, -0.1) is 0 Å². The van der Waals surface area contributed by atoms with Crippen molar-refractivity contribution in [1.82, 2.24) is 4.98 Å². The molecule has 1 aromatic carbocycles. The Morgan fingerprint density at radius 2 is 2.00 bits per heavy atom. The second-order valence-corrected chi connectivity index (χ2v) is 4.84. The van der Waals surface area contributed by atoms with Crippen LogP contribution in [0.3, 0.4) is 0 Å². The summed E-state index contributed by atoms with van der Waals surface area (Å²) in [6.07, 6.45) is 0. The van der Waals surface area contributed by atoms with E-state index in [9.17, 15) is 10.1 Å². The average Bonchev–Trinajstić information content (AvgIpc) is 2.44. The van der Waals surface area contributed by atoms with Gasteiger partial charge in [0, 0.05) is 12.6 Å². The molecule has 8 heteroatoms. The molecule has 0 amide bonds. The molecule has 2 rings (SSSR count). The van der Waals surface area contributed by atoms with Crippen LogP contribution in [0, 0.1) is 10.1 Å². The van der Waals surface area contributed by atoms with Gasteiger partial charge in [0.25, 0.3) is 0 Å². The maximum atomic E-state index is 11.0. The molecule has 0 aliphatic heterocycles. The molecule has 6 nitrogen and oxygen atoms in total. The number of pyridine rings is 1. The molecule has 0 unspecified atom stereocenters. The lowest BCUT2D eigenvalue weighted by Crippen LogP contribution is -2.04. The van der Waals surface area contributed by atoms with Gasteiger partial charge in [-0.1, -0.05) is 35.3 Å². The Morgan fingerprint density at radius 1 is 1.33 bits per heavy atom. The van der Waals surface area contributed by atoms with E-state index in [2.05, 4.69) is 10.3 Å². The summed E-state index contributed by atoms with van der Waals surface area (Å²) in [5.41, 5.74) is 0.851. The predicted molar refractivity (Wildman–Crippen MR) is 81.2 cm³/mol. The van der Waals surface area contributed by atoms with Crippen molar-refractivity contribution in [1.29, 1.82) is 0 Å². The SMILES string of the molecule is COc1ccc(CNc2cc(Cl)nc(Cl)c2[N+](=O)[O-])cc1. The van der Waals surface area contributed by atoms with Gasteiger partial charge >= 0.3 is 5.69 Å². The van der Waals surface area contributed by atoms with Crippen molar-refractivity contribution in [2.75, 3.05) is 12.4 Å². The summed E-state index contributed by atoms with van der Waals surface area (Å²) >= 11 is 11.5. The summed E-state index contributed by atoms with van der Waals surface area (Å²) in [6, 6.07) is 8.68. The van der Waals surface area contributed by atoms with Gasteiger partial charge in [0.15, 0.2) is 0 Å². The van der Waals surface area contributed by atoms with Gasteiger partial charge in [-0.3, -0.25) is 10.1 Å². The highest BCUT2D eigenvalue weighted by atomic mass is 35.5. The van der Waals surface area contributed by atoms with Crippen LogP contribution in [0.4, 0.5) is 11.4 Å². The molecule has 0 bridgehead atoms. The Bertz CT molecular complexity index is 662. The normalized spacial score (nSPS) is 10.2. The molecular weight excluding hydrogens is 317 g/mol. The first kappa shape index (κ1) is 15.3. The van der Waals surface area contributed by atoms with Crippen LogP contribution >= 0.6 is 23.2 Å². The van der Waals surface area contributed by atoms with Crippen LogP contribution in [0.25, 0.3) is 0 Å². The number of methoxy groups -OCH3 is 1. The van der Waals surface area contributed by atoms with Crippen LogP contribution in [0.5, 0.6) is 5.75 Å². The number of hydrogen-bond acceptors (Lipinski definition) is 5. The van der Waals surface area contributed by atoms with E-state index in [0.29, 0.717) is 6.54 Å². The van der Waals surface area contributed by atoms with Gasteiger partial charge in [-0.05, 0) is 17.7 Å². The minimum atomic E-state index is -0.595. The maximum absolute atomic E-state index is 11.0. The van der Waals surface area contributed by atoms with Crippen molar-refractivity contribution < 1.29 is 9.66 Å². The highest BCUT2D eigenvalue weighted by Crippen LogP contribution is 2.33. The predicted octanol–water partition coefficient (Wildman–Crippen LogP) is 3.92. The first-order chi connectivity index (χ1) is 10.0. The Hall–Kier alpha value is -2.05. The third kappa shape index (κ3) is 3.74. The van der Waals surface area contributed by atoms with Crippen molar-refractivity contribution in [3.05, 3.63) is 56.3 Å². The van der Waals surface area contributed by atoms with Crippen molar-refractivity contribution in [3.63, 3.8) is 0 Å². The number of nitrogens with zero attached hydrogens (tertiary/aromatic N) is 2. The standard InChI is InChI=1S/C13H11Cl2N3O3/c1-21-9-4-2-8(3-5-9)7-16-10-6-11(14)17-13(15)12(10)18(19)20/h2-6H,7H2,1H3,(H,16,17). The molecule has 0 aliphatic rings. The van der Waals surface area contributed by atoms with E-state index in [-0.39, 0.29) is 21.7 Å². The topological polar surface area (TPSA) is 77.3 Å².